The monoisotopic (exact) mass is 349 g/mol. The van der Waals surface area contributed by atoms with Gasteiger partial charge >= 0.3 is 0 Å². The first kappa shape index (κ1) is 17.3. The van der Waals surface area contributed by atoms with E-state index in [4.69, 9.17) is 9.73 Å². The minimum absolute atomic E-state index is 0.111. The van der Waals surface area contributed by atoms with E-state index in [-0.39, 0.29) is 12.6 Å². The molecular weight excluding hydrogens is 322 g/mol. The van der Waals surface area contributed by atoms with Gasteiger partial charge in [0.25, 0.3) is 0 Å². The highest BCUT2D eigenvalue weighted by Crippen LogP contribution is 2.25. The van der Waals surface area contributed by atoms with Crippen LogP contribution >= 0.6 is 0 Å². The number of nitrogens with zero attached hydrogens (tertiary/aromatic N) is 1. The van der Waals surface area contributed by atoms with Crippen molar-refractivity contribution in [1.82, 2.24) is 0 Å². The molecule has 4 bridgehead atoms. The molecule has 2 aromatic rings. The summed E-state index contributed by atoms with van der Waals surface area (Å²) in [5, 5.41) is 9.74. The fourth-order valence-corrected chi connectivity index (χ4v) is 3.86. The number of rotatable bonds is 3. The number of aliphatic hydroxyl groups excluding tert-OH is 1. The molecule has 1 atom stereocenters. The molecule has 4 aliphatic carbocycles. The maximum absolute atomic E-state index is 9.74. The average Bonchev–Trinajstić information content (AvgIpc) is 3.13. The van der Waals surface area contributed by atoms with Crippen molar-refractivity contribution in [3.8, 4) is 0 Å². The predicted molar refractivity (Wildman–Crippen MR) is 105 cm³/mol. The van der Waals surface area contributed by atoms with Crippen molar-refractivity contribution >= 4 is 5.90 Å². The number of aryl methyl sites for hydroxylation is 4. The zero-order valence-electron chi connectivity index (χ0n) is 15.7. The molecule has 1 N–H and O–H groups in total. The minimum atomic E-state index is 0.111. The van der Waals surface area contributed by atoms with Crippen molar-refractivity contribution in [1.29, 1.82) is 0 Å². The van der Waals surface area contributed by atoms with Gasteiger partial charge in [0.15, 0.2) is 0 Å². The summed E-state index contributed by atoms with van der Waals surface area (Å²) in [6.45, 7) is 5.19. The number of benzene rings is 2. The number of hydrogen-bond acceptors (Lipinski definition) is 3. The highest BCUT2D eigenvalue weighted by atomic mass is 16.5. The standard InChI is InChI=1S/C23H27NO2/c1-15(2)22-14-26-23(24-22)21-12-17-4-3-16-5-7-18(20(11-16)13-25)9-10-19(21)8-6-17/h5-8,11-12,15,22,25H,3-4,9-10,13-14H2,1-2H3/t22-/m1/s1. The van der Waals surface area contributed by atoms with Crippen LogP contribution in [0, 0.1) is 5.92 Å². The smallest absolute Gasteiger partial charge is 0.216 e. The molecule has 5 aliphatic rings. The molecule has 0 amide bonds. The third-order valence-electron chi connectivity index (χ3n) is 5.66. The number of aliphatic imine (C=N–C) groups is 1. The van der Waals surface area contributed by atoms with E-state index in [9.17, 15) is 5.11 Å². The van der Waals surface area contributed by atoms with Crippen LogP contribution in [0.1, 0.15) is 47.2 Å². The molecule has 0 unspecified atom stereocenters. The van der Waals surface area contributed by atoms with Crippen molar-refractivity contribution in [2.45, 2.75) is 52.2 Å². The maximum Gasteiger partial charge on any atom is 0.216 e. The van der Waals surface area contributed by atoms with Crippen LogP contribution in [0.5, 0.6) is 0 Å². The molecule has 0 aromatic heterocycles. The van der Waals surface area contributed by atoms with E-state index in [2.05, 4.69) is 50.2 Å². The van der Waals surface area contributed by atoms with Gasteiger partial charge in [0.05, 0.1) is 12.6 Å². The molecule has 7 rings (SSSR count). The lowest BCUT2D eigenvalue weighted by Gasteiger charge is -2.16. The van der Waals surface area contributed by atoms with E-state index in [1.165, 1.54) is 22.3 Å². The van der Waals surface area contributed by atoms with E-state index >= 15 is 0 Å². The van der Waals surface area contributed by atoms with Crippen LogP contribution in [0.25, 0.3) is 0 Å². The second-order valence-electron chi connectivity index (χ2n) is 7.81. The van der Waals surface area contributed by atoms with Crippen molar-refractivity contribution in [2.24, 2.45) is 10.9 Å². The van der Waals surface area contributed by atoms with Gasteiger partial charge in [-0.05, 0) is 65.5 Å². The zero-order chi connectivity index (χ0) is 18.1. The van der Waals surface area contributed by atoms with Crippen molar-refractivity contribution in [2.75, 3.05) is 6.61 Å². The lowest BCUT2D eigenvalue weighted by atomic mass is 9.91. The van der Waals surface area contributed by atoms with E-state index in [0.29, 0.717) is 12.5 Å². The first-order valence-corrected chi connectivity index (χ1v) is 9.68. The second kappa shape index (κ2) is 7.24. The van der Waals surface area contributed by atoms with Crippen LogP contribution < -0.4 is 0 Å². The molecule has 0 fully saturated rings. The van der Waals surface area contributed by atoms with Gasteiger partial charge in [-0.25, -0.2) is 4.99 Å². The summed E-state index contributed by atoms with van der Waals surface area (Å²) in [6, 6.07) is 13.6. The molecule has 3 heteroatoms. The molecule has 1 aliphatic heterocycles. The Bertz CT molecular complexity index is 838. The fourth-order valence-electron chi connectivity index (χ4n) is 3.86. The summed E-state index contributed by atoms with van der Waals surface area (Å²) in [6.07, 6.45) is 3.81. The van der Waals surface area contributed by atoms with Gasteiger partial charge in [0.2, 0.25) is 5.90 Å². The van der Waals surface area contributed by atoms with E-state index in [1.54, 1.807) is 0 Å². The van der Waals surface area contributed by atoms with Crippen LogP contribution in [-0.2, 0) is 37.0 Å². The molecule has 1 heterocycles. The van der Waals surface area contributed by atoms with Gasteiger partial charge < -0.3 is 9.84 Å². The number of ether oxygens (including phenoxy) is 1. The zero-order valence-corrected chi connectivity index (χ0v) is 15.7. The second-order valence-corrected chi connectivity index (χ2v) is 7.81. The summed E-state index contributed by atoms with van der Waals surface area (Å²) in [5.74, 6) is 1.31. The molecular formula is C23H27NO2. The van der Waals surface area contributed by atoms with Gasteiger partial charge in [-0.15, -0.1) is 0 Å². The van der Waals surface area contributed by atoms with Crippen LogP contribution in [0.15, 0.2) is 41.4 Å². The van der Waals surface area contributed by atoms with Gasteiger partial charge in [-0.1, -0.05) is 44.2 Å². The Balaban J connectivity index is 1.71. The molecule has 26 heavy (non-hydrogen) atoms. The van der Waals surface area contributed by atoms with Crippen LogP contribution in [0.3, 0.4) is 0 Å². The third-order valence-corrected chi connectivity index (χ3v) is 5.66. The predicted octanol–water partition coefficient (Wildman–Crippen LogP) is 3.86. The molecule has 0 spiro atoms. The molecule has 3 nitrogen and oxygen atoms in total. The van der Waals surface area contributed by atoms with Crippen molar-refractivity contribution in [3.05, 3.63) is 69.8 Å². The SMILES string of the molecule is CC(C)[C@H]1COC(c2cc3ccc2CCc2ccc(cc2CO)CC3)=N1. The molecule has 136 valence electrons. The first-order valence-electron chi connectivity index (χ1n) is 9.68. The Morgan fingerprint density at radius 3 is 2.38 bits per heavy atom. The summed E-state index contributed by atoms with van der Waals surface area (Å²) < 4.78 is 5.98. The van der Waals surface area contributed by atoms with E-state index < -0.39 is 0 Å². The van der Waals surface area contributed by atoms with Gasteiger partial charge in [0.1, 0.15) is 6.61 Å². The molecule has 0 saturated carbocycles. The Morgan fingerprint density at radius 1 is 1.00 bits per heavy atom. The molecule has 0 saturated heterocycles. The topological polar surface area (TPSA) is 41.8 Å². The van der Waals surface area contributed by atoms with Crippen molar-refractivity contribution < 1.29 is 9.84 Å². The van der Waals surface area contributed by atoms with Crippen LogP contribution in [0.2, 0.25) is 0 Å². The van der Waals surface area contributed by atoms with Gasteiger partial charge in [-0.3, -0.25) is 0 Å². The fraction of sp³-hybridized carbons (Fsp3) is 0.435. The molecule has 2 aromatic carbocycles. The van der Waals surface area contributed by atoms with E-state index in [1.807, 2.05) is 0 Å². The van der Waals surface area contributed by atoms with Crippen LogP contribution in [0.4, 0.5) is 0 Å². The highest BCUT2D eigenvalue weighted by molar-refractivity contribution is 5.96. The lowest BCUT2D eigenvalue weighted by molar-refractivity contribution is 0.280. The normalized spacial score (nSPS) is 19.2. The Morgan fingerprint density at radius 2 is 1.69 bits per heavy atom. The van der Waals surface area contributed by atoms with Gasteiger partial charge in [0, 0.05) is 5.56 Å². The average molecular weight is 349 g/mol. The largest absolute Gasteiger partial charge is 0.475 e. The molecule has 0 radical (unpaired) electrons. The summed E-state index contributed by atoms with van der Waals surface area (Å²) >= 11 is 0. The number of hydrogen-bond donors (Lipinski definition) is 1. The summed E-state index contributed by atoms with van der Waals surface area (Å²) in [5.41, 5.74) is 7.35. The minimum Gasteiger partial charge on any atom is -0.475 e. The highest BCUT2D eigenvalue weighted by Gasteiger charge is 2.24. The van der Waals surface area contributed by atoms with Gasteiger partial charge in [-0.2, -0.15) is 0 Å². The Hall–Kier alpha value is -2.13. The Kier molecular flexibility index (Phi) is 4.82. The Labute approximate surface area is 155 Å². The number of aliphatic hydroxyl groups is 1. The van der Waals surface area contributed by atoms with Crippen molar-refractivity contribution in [3.63, 3.8) is 0 Å². The summed E-state index contributed by atoms with van der Waals surface area (Å²) in [4.78, 5) is 4.86. The maximum atomic E-state index is 9.74. The quantitative estimate of drug-likeness (QED) is 0.914. The first-order chi connectivity index (χ1) is 12.6. The third kappa shape index (κ3) is 3.41. The summed E-state index contributed by atoms with van der Waals surface area (Å²) in [7, 11) is 0. The van der Waals surface area contributed by atoms with Crippen LogP contribution in [-0.4, -0.2) is 23.7 Å². The van der Waals surface area contributed by atoms with E-state index in [0.717, 1.165) is 42.7 Å². The lowest BCUT2D eigenvalue weighted by Crippen LogP contribution is -2.13.